The molecule has 1 aromatic rings. The summed E-state index contributed by atoms with van der Waals surface area (Å²) in [4.78, 5) is 0. The molecule has 0 aliphatic rings. The molecule has 0 aliphatic heterocycles. The van der Waals surface area contributed by atoms with Crippen molar-refractivity contribution in [1.29, 1.82) is 0 Å². The van der Waals surface area contributed by atoms with Crippen molar-refractivity contribution in [2.75, 3.05) is 10.7 Å². The maximum atomic E-state index is 9.21. The number of hydrogen-bond donors (Lipinski definition) is 1. The van der Waals surface area contributed by atoms with Gasteiger partial charge in [0.1, 0.15) is 5.75 Å². The lowest BCUT2D eigenvalue weighted by molar-refractivity contribution is 0.373. The molecule has 1 rings (SSSR count). The Kier molecular flexibility index (Phi) is 5.13. The molecule has 0 unspecified atom stereocenters. The summed E-state index contributed by atoms with van der Waals surface area (Å²) in [6.45, 7) is 2.21. The third-order valence-electron chi connectivity index (χ3n) is 2.83. The second-order valence-corrected chi connectivity index (χ2v) is 5.09. The average Bonchev–Trinajstić information content (AvgIpc) is 2.29. The highest BCUT2D eigenvalue weighted by Gasteiger charge is 2.25. The van der Waals surface area contributed by atoms with E-state index in [-0.39, 0.29) is 5.41 Å². The minimum absolute atomic E-state index is 0.275. The molecule has 0 spiro atoms. The summed E-state index contributed by atoms with van der Waals surface area (Å²) in [5, 5.41) is 11.2. The van der Waals surface area contributed by atoms with E-state index in [1.807, 2.05) is 12.1 Å². The van der Waals surface area contributed by atoms with Crippen LogP contribution in [0.1, 0.15) is 18.9 Å². The van der Waals surface area contributed by atoms with Crippen LogP contribution in [0.4, 0.5) is 0 Å². The van der Waals surface area contributed by atoms with Gasteiger partial charge in [-0.05, 0) is 36.0 Å². The van der Waals surface area contributed by atoms with Crippen LogP contribution >= 0.6 is 31.9 Å². The van der Waals surface area contributed by atoms with Crippen LogP contribution in [0.2, 0.25) is 0 Å². The van der Waals surface area contributed by atoms with E-state index in [1.165, 1.54) is 5.56 Å². The van der Waals surface area contributed by atoms with Gasteiger partial charge in [0.05, 0.1) is 0 Å². The van der Waals surface area contributed by atoms with Crippen molar-refractivity contribution in [1.82, 2.24) is 0 Å². The highest BCUT2D eigenvalue weighted by Crippen LogP contribution is 2.31. The van der Waals surface area contributed by atoms with Gasteiger partial charge in [0, 0.05) is 10.7 Å². The summed E-state index contributed by atoms with van der Waals surface area (Å²) in [6.07, 6.45) is 2.16. The average molecular weight is 336 g/mol. The van der Waals surface area contributed by atoms with Gasteiger partial charge in [0.2, 0.25) is 0 Å². The van der Waals surface area contributed by atoms with Crippen molar-refractivity contribution < 1.29 is 5.11 Å². The molecular formula is C12H16Br2O. The van der Waals surface area contributed by atoms with E-state index in [2.05, 4.69) is 38.8 Å². The van der Waals surface area contributed by atoms with Gasteiger partial charge in [-0.3, -0.25) is 0 Å². The second kappa shape index (κ2) is 5.90. The molecule has 1 nitrogen and oxygen atoms in total. The molecule has 0 heterocycles. The molecule has 0 atom stereocenters. The molecule has 0 amide bonds. The SMILES string of the molecule is CCC(CBr)(CBr)Cc1ccc(O)cc1. The predicted octanol–water partition coefficient (Wildman–Crippen LogP) is 4.12. The van der Waals surface area contributed by atoms with Gasteiger partial charge in [0.25, 0.3) is 0 Å². The Morgan fingerprint density at radius 2 is 1.67 bits per heavy atom. The first kappa shape index (κ1) is 13.0. The second-order valence-electron chi connectivity index (χ2n) is 3.96. The van der Waals surface area contributed by atoms with E-state index in [4.69, 9.17) is 0 Å². The molecule has 84 valence electrons. The van der Waals surface area contributed by atoms with E-state index in [0.29, 0.717) is 5.75 Å². The van der Waals surface area contributed by atoms with Crippen LogP contribution in [0.5, 0.6) is 5.75 Å². The summed E-state index contributed by atoms with van der Waals surface area (Å²) in [7, 11) is 0. The number of halogens is 2. The number of benzene rings is 1. The Balaban J connectivity index is 2.78. The monoisotopic (exact) mass is 334 g/mol. The lowest BCUT2D eigenvalue weighted by atomic mass is 9.83. The Morgan fingerprint density at radius 3 is 2.07 bits per heavy atom. The zero-order chi connectivity index (χ0) is 11.3. The maximum absolute atomic E-state index is 9.21. The van der Waals surface area contributed by atoms with Gasteiger partial charge >= 0.3 is 0 Å². The first-order valence-corrected chi connectivity index (χ1v) is 7.30. The Hall–Kier alpha value is -0.0200. The fraction of sp³-hybridized carbons (Fsp3) is 0.500. The van der Waals surface area contributed by atoms with Gasteiger partial charge < -0.3 is 5.11 Å². The zero-order valence-corrected chi connectivity index (χ0v) is 12.0. The molecule has 0 saturated carbocycles. The van der Waals surface area contributed by atoms with Crippen molar-refractivity contribution in [3.63, 3.8) is 0 Å². The van der Waals surface area contributed by atoms with Gasteiger partial charge in [-0.1, -0.05) is 50.9 Å². The van der Waals surface area contributed by atoms with Crippen LogP contribution in [0.3, 0.4) is 0 Å². The van der Waals surface area contributed by atoms with Gasteiger partial charge in [-0.2, -0.15) is 0 Å². The number of phenolic OH excluding ortho intramolecular Hbond substituents is 1. The summed E-state index contributed by atoms with van der Waals surface area (Å²) in [6, 6.07) is 7.48. The molecule has 0 aromatic heterocycles. The van der Waals surface area contributed by atoms with Crippen molar-refractivity contribution in [2.24, 2.45) is 5.41 Å². The molecule has 0 bridgehead atoms. The molecule has 1 aromatic carbocycles. The molecule has 1 N–H and O–H groups in total. The predicted molar refractivity (Wildman–Crippen MR) is 72.1 cm³/mol. The fourth-order valence-electron chi connectivity index (χ4n) is 1.49. The molecule has 0 fully saturated rings. The van der Waals surface area contributed by atoms with Gasteiger partial charge in [-0.25, -0.2) is 0 Å². The Bertz CT molecular complexity index is 283. The van der Waals surface area contributed by atoms with E-state index >= 15 is 0 Å². The lowest BCUT2D eigenvalue weighted by Gasteiger charge is -2.28. The standard InChI is InChI=1S/C12H16Br2O/c1-2-12(8-13,9-14)7-10-3-5-11(15)6-4-10/h3-6,15H,2,7-9H2,1H3. The highest BCUT2D eigenvalue weighted by atomic mass is 79.9. The van der Waals surface area contributed by atoms with Crippen molar-refractivity contribution in [3.8, 4) is 5.75 Å². The topological polar surface area (TPSA) is 20.2 Å². The summed E-state index contributed by atoms with van der Waals surface area (Å²) >= 11 is 7.17. The van der Waals surface area contributed by atoms with Gasteiger partial charge in [-0.15, -0.1) is 0 Å². The first-order chi connectivity index (χ1) is 7.15. The molecule has 15 heavy (non-hydrogen) atoms. The molecular weight excluding hydrogens is 320 g/mol. The normalized spacial score (nSPS) is 11.7. The van der Waals surface area contributed by atoms with Crippen LogP contribution in [-0.4, -0.2) is 15.8 Å². The zero-order valence-electron chi connectivity index (χ0n) is 8.84. The van der Waals surface area contributed by atoms with E-state index in [9.17, 15) is 5.11 Å². The molecule has 0 radical (unpaired) electrons. The largest absolute Gasteiger partial charge is 0.508 e. The summed E-state index contributed by atoms with van der Waals surface area (Å²) in [5.41, 5.74) is 1.55. The summed E-state index contributed by atoms with van der Waals surface area (Å²) in [5.74, 6) is 0.332. The summed E-state index contributed by atoms with van der Waals surface area (Å²) < 4.78 is 0. The smallest absolute Gasteiger partial charge is 0.115 e. The maximum Gasteiger partial charge on any atom is 0.115 e. The van der Waals surface area contributed by atoms with Crippen LogP contribution in [0.15, 0.2) is 24.3 Å². The Labute approximate surface area is 108 Å². The van der Waals surface area contributed by atoms with Crippen molar-refractivity contribution >= 4 is 31.9 Å². The number of phenols is 1. The molecule has 0 aliphatic carbocycles. The Morgan fingerprint density at radius 1 is 1.13 bits per heavy atom. The minimum Gasteiger partial charge on any atom is -0.508 e. The van der Waals surface area contributed by atoms with Crippen LogP contribution in [0.25, 0.3) is 0 Å². The number of aromatic hydroxyl groups is 1. The molecule has 0 saturated heterocycles. The van der Waals surface area contributed by atoms with Crippen molar-refractivity contribution in [2.45, 2.75) is 19.8 Å². The lowest BCUT2D eigenvalue weighted by Crippen LogP contribution is -2.26. The van der Waals surface area contributed by atoms with Crippen LogP contribution < -0.4 is 0 Å². The van der Waals surface area contributed by atoms with Crippen LogP contribution in [0, 0.1) is 5.41 Å². The third kappa shape index (κ3) is 3.49. The highest BCUT2D eigenvalue weighted by molar-refractivity contribution is 9.09. The van der Waals surface area contributed by atoms with Gasteiger partial charge in [0.15, 0.2) is 0 Å². The number of hydrogen-bond acceptors (Lipinski definition) is 1. The molecule has 3 heteroatoms. The fourth-order valence-corrected chi connectivity index (χ4v) is 3.61. The van der Waals surface area contributed by atoms with Crippen LogP contribution in [-0.2, 0) is 6.42 Å². The minimum atomic E-state index is 0.275. The van der Waals surface area contributed by atoms with E-state index in [0.717, 1.165) is 23.5 Å². The number of rotatable bonds is 5. The van der Waals surface area contributed by atoms with E-state index < -0.39 is 0 Å². The quantitative estimate of drug-likeness (QED) is 0.802. The first-order valence-electron chi connectivity index (χ1n) is 5.05. The van der Waals surface area contributed by atoms with Crippen molar-refractivity contribution in [3.05, 3.63) is 29.8 Å². The van der Waals surface area contributed by atoms with E-state index in [1.54, 1.807) is 12.1 Å². The number of alkyl halides is 2. The third-order valence-corrected chi connectivity index (χ3v) is 5.21.